The Morgan fingerprint density at radius 1 is 1.26 bits per heavy atom. The summed E-state index contributed by atoms with van der Waals surface area (Å²) in [5.41, 5.74) is 0.163. The first-order valence-corrected chi connectivity index (χ1v) is 12.4. The van der Waals surface area contributed by atoms with Crippen LogP contribution < -0.4 is 0 Å². The Morgan fingerprint density at radius 2 is 2.00 bits per heavy atom. The third-order valence-corrected chi connectivity index (χ3v) is 8.89. The van der Waals surface area contributed by atoms with Crippen LogP contribution in [0.4, 0.5) is 0 Å². The van der Waals surface area contributed by atoms with Crippen molar-refractivity contribution in [2.75, 3.05) is 26.7 Å². The fourth-order valence-electron chi connectivity index (χ4n) is 5.69. The minimum atomic E-state index is -3.87. The Labute approximate surface area is 184 Å². The number of carbonyl (C=O) groups is 1. The molecule has 3 fully saturated rings. The van der Waals surface area contributed by atoms with Gasteiger partial charge in [-0.05, 0) is 62.7 Å². The number of methoxy groups -OCH3 is 1. The predicted molar refractivity (Wildman–Crippen MR) is 115 cm³/mol. The topological polar surface area (TPSA) is 90.7 Å². The molecule has 7 nitrogen and oxygen atoms in total. The zero-order valence-electron chi connectivity index (χ0n) is 17.8. The average molecular weight is 444 g/mol. The van der Waals surface area contributed by atoms with E-state index >= 15 is 0 Å². The molecule has 0 aliphatic carbocycles. The van der Waals surface area contributed by atoms with Gasteiger partial charge in [0.15, 0.2) is 0 Å². The molecule has 31 heavy (non-hydrogen) atoms. The van der Waals surface area contributed by atoms with Gasteiger partial charge in [0.05, 0.1) is 24.0 Å². The number of carbonyl (C=O) groups excluding carboxylic acids is 1. The maximum Gasteiger partial charge on any atom is 0.309 e. The van der Waals surface area contributed by atoms with Crippen molar-refractivity contribution in [3.63, 3.8) is 0 Å². The van der Waals surface area contributed by atoms with Crippen LogP contribution in [0.5, 0.6) is 0 Å². The molecule has 0 radical (unpaired) electrons. The molecule has 0 saturated carbocycles. The monoisotopic (exact) mass is 443 g/mol. The summed E-state index contributed by atoms with van der Waals surface area (Å²) in [5.74, 6) is 0.108. The van der Waals surface area contributed by atoms with E-state index in [4.69, 9.17) is 4.74 Å². The molecule has 4 atom stereocenters. The van der Waals surface area contributed by atoms with Crippen LogP contribution in [0.25, 0.3) is 0 Å². The number of ether oxygens (including phenoxy) is 1. The Kier molecular flexibility index (Phi) is 6.47. The van der Waals surface area contributed by atoms with E-state index < -0.39 is 10.0 Å². The first-order chi connectivity index (χ1) is 15.0. The summed E-state index contributed by atoms with van der Waals surface area (Å²) < 4.78 is 33.9. The number of piperidine rings is 3. The molecule has 0 aromatic heterocycles. The van der Waals surface area contributed by atoms with Crippen LogP contribution in [0, 0.1) is 23.2 Å². The third kappa shape index (κ3) is 4.14. The molecule has 1 aromatic carbocycles. The molecule has 8 heteroatoms. The van der Waals surface area contributed by atoms with Crippen LogP contribution in [-0.2, 0) is 19.6 Å². The second-order valence-corrected chi connectivity index (χ2v) is 10.5. The summed E-state index contributed by atoms with van der Waals surface area (Å²) in [7, 11) is -2.53. The van der Waals surface area contributed by atoms with E-state index in [1.54, 1.807) is 28.6 Å². The number of sulfonamides is 1. The Morgan fingerprint density at radius 3 is 2.74 bits per heavy atom. The second kappa shape index (κ2) is 9.11. The number of hydrogen-bond donors (Lipinski definition) is 0. The molecule has 3 aliphatic rings. The smallest absolute Gasteiger partial charge is 0.309 e. The molecule has 4 rings (SSSR count). The Bertz CT molecular complexity index is 998. The Hall–Kier alpha value is -2.21. The average Bonchev–Trinajstić information content (AvgIpc) is 2.80. The fraction of sp³-hybridized carbons (Fsp3) is 0.565. The molecule has 0 N–H and O–H groups in total. The maximum atomic E-state index is 13.8. The summed E-state index contributed by atoms with van der Waals surface area (Å²) in [6, 6.07) is 8.45. The van der Waals surface area contributed by atoms with Gasteiger partial charge < -0.3 is 4.74 Å². The molecular weight excluding hydrogens is 414 g/mol. The van der Waals surface area contributed by atoms with Crippen LogP contribution in [-0.4, -0.2) is 62.4 Å². The highest BCUT2D eigenvalue weighted by Gasteiger charge is 2.51. The van der Waals surface area contributed by atoms with Crippen molar-refractivity contribution in [1.82, 2.24) is 9.21 Å². The van der Waals surface area contributed by atoms with E-state index in [0.29, 0.717) is 12.6 Å². The lowest BCUT2D eigenvalue weighted by molar-refractivity contribution is -0.139. The minimum absolute atomic E-state index is 0.0609. The number of nitriles is 1. The molecule has 0 bridgehead atoms. The largest absolute Gasteiger partial charge is 0.469 e. The summed E-state index contributed by atoms with van der Waals surface area (Å²) >= 11 is 0. The number of esters is 1. The number of rotatable bonds is 5. The molecule has 0 amide bonds. The maximum absolute atomic E-state index is 13.8. The van der Waals surface area contributed by atoms with E-state index in [-0.39, 0.29) is 40.7 Å². The van der Waals surface area contributed by atoms with Gasteiger partial charge in [0.1, 0.15) is 6.07 Å². The highest BCUT2D eigenvalue weighted by atomic mass is 32.2. The summed E-state index contributed by atoms with van der Waals surface area (Å²) in [5, 5.41) is 9.50. The van der Waals surface area contributed by atoms with Crippen molar-refractivity contribution in [1.29, 1.82) is 5.26 Å². The zero-order chi connectivity index (χ0) is 22.0. The molecule has 166 valence electrons. The molecule has 0 spiro atoms. The SMILES string of the molecule is COC(=O)C/C=C\[C@@H]1[C@H]2CCCN3CCC[C@@H](CN1S(=O)(=O)c1ccccc1C#N)[C@@H]23. The van der Waals surface area contributed by atoms with Crippen LogP contribution in [0.3, 0.4) is 0 Å². The standard InChI is InChI=1S/C23H29N3O4S/c1-30-22(27)12-4-10-20-19-9-6-14-25-13-5-8-18(23(19)25)16-26(20)31(28,29)21-11-3-2-7-17(21)15-24/h2-4,7,10-11,18-20,23H,5-6,8-9,12-14,16H2,1H3/b10-4-/t18-,19+,20+,23-/m0/s1. The summed E-state index contributed by atoms with van der Waals surface area (Å²) in [4.78, 5) is 14.2. The number of benzene rings is 1. The van der Waals surface area contributed by atoms with Crippen LogP contribution >= 0.6 is 0 Å². The Balaban J connectivity index is 1.74. The molecule has 3 saturated heterocycles. The van der Waals surface area contributed by atoms with E-state index in [1.165, 1.54) is 13.2 Å². The van der Waals surface area contributed by atoms with Gasteiger partial charge in [-0.2, -0.15) is 9.57 Å². The van der Waals surface area contributed by atoms with Crippen molar-refractivity contribution in [3.8, 4) is 6.07 Å². The lowest BCUT2D eigenvalue weighted by atomic mass is 9.70. The molecule has 1 aromatic rings. The number of nitrogens with zero attached hydrogens (tertiary/aromatic N) is 3. The normalized spacial score (nSPS) is 29.3. The van der Waals surface area contributed by atoms with Gasteiger partial charge in [0.2, 0.25) is 10.0 Å². The van der Waals surface area contributed by atoms with Crippen molar-refractivity contribution in [2.24, 2.45) is 11.8 Å². The van der Waals surface area contributed by atoms with Gasteiger partial charge in [-0.25, -0.2) is 8.42 Å². The van der Waals surface area contributed by atoms with Crippen molar-refractivity contribution < 1.29 is 17.9 Å². The lowest BCUT2D eigenvalue weighted by Gasteiger charge is -2.56. The van der Waals surface area contributed by atoms with Crippen LogP contribution in [0.1, 0.15) is 37.7 Å². The molecular formula is C23H29N3O4S. The van der Waals surface area contributed by atoms with Gasteiger partial charge in [0.25, 0.3) is 0 Å². The summed E-state index contributed by atoms with van der Waals surface area (Å²) in [6.07, 6.45) is 7.82. The van der Waals surface area contributed by atoms with Gasteiger partial charge in [-0.1, -0.05) is 24.3 Å². The molecule has 3 aliphatic heterocycles. The minimum Gasteiger partial charge on any atom is -0.469 e. The van der Waals surface area contributed by atoms with E-state index in [1.807, 2.05) is 12.1 Å². The van der Waals surface area contributed by atoms with Gasteiger partial charge in [-0.3, -0.25) is 9.69 Å². The first-order valence-electron chi connectivity index (χ1n) is 11.0. The predicted octanol–water partition coefficient (Wildman–Crippen LogP) is 2.54. The van der Waals surface area contributed by atoms with Gasteiger partial charge in [0, 0.05) is 18.6 Å². The van der Waals surface area contributed by atoms with Crippen molar-refractivity contribution in [2.45, 2.75) is 49.1 Å². The van der Waals surface area contributed by atoms with E-state index in [0.717, 1.165) is 38.8 Å². The molecule has 0 unspecified atom stereocenters. The fourth-order valence-corrected chi connectivity index (χ4v) is 7.52. The lowest BCUT2D eigenvalue weighted by Crippen LogP contribution is -2.65. The highest BCUT2D eigenvalue weighted by molar-refractivity contribution is 7.89. The van der Waals surface area contributed by atoms with Crippen molar-refractivity contribution >= 4 is 16.0 Å². The quantitative estimate of drug-likeness (QED) is 0.513. The highest BCUT2D eigenvalue weighted by Crippen LogP contribution is 2.44. The van der Waals surface area contributed by atoms with Crippen LogP contribution in [0.2, 0.25) is 0 Å². The first kappa shape index (κ1) is 22.0. The van der Waals surface area contributed by atoms with E-state index in [9.17, 15) is 18.5 Å². The zero-order valence-corrected chi connectivity index (χ0v) is 18.6. The number of hydrogen-bond acceptors (Lipinski definition) is 6. The van der Waals surface area contributed by atoms with Crippen LogP contribution in [0.15, 0.2) is 41.3 Å². The second-order valence-electron chi connectivity index (χ2n) is 8.62. The third-order valence-electron chi connectivity index (χ3n) is 6.97. The summed E-state index contributed by atoms with van der Waals surface area (Å²) in [6.45, 7) is 2.58. The molecule has 3 heterocycles. The van der Waals surface area contributed by atoms with E-state index in [2.05, 4.69) is 4.90 Å². The van der Waals surface area contributed by atoms with Crippen molar-refractivity contribution in [3.05, 3.63) is 42.0 Å². The van der Waals surface area contributed by atoms with Gasteiger partial charge in [-0.15, -0.1) is 0 Å². The van der Waals surface area contributed by atoms with Gasteiger partial charge >= 0.3 is 5.97 Å².